The highest BCUT2D eigenvalue weighted by Crippen LogP contribution is 2.36. The van der Waals surface area contributed by atoms with E-state index in [1.54, 1.807) is 36.4 Å². The Morgan fingerprint density at radius 1 is 0.897 bits per heavy atom. The largest absolute Gasteiger partial charge is 0.494 e. The maximum atomic E-state index is 12.3. The predicted molar refractivity (Wildman–Crippen MR) is 113 cm³/mol. The smallest absolute Gasteiger partial charge is 0.399 e. The first-order chi connectivity index (χ1) is 13.4. The lowest BCUT2D eigenvalue weighted by atomic mass is 9.79. The number of amides is 2. The molecule has 3 rings (SSSR count). The summed E-state index contributed by atoms with van der Waals surface area (Å²) in [5.74, 6) is 0. The number of urea groups is 1. The van der Waals surface area contributed by atoms with E-state index in [-0.39, 0.29) is 4.90 Å². The minimum Gasteiger partial charge on any atom is -0.399 e. The Hall–Kier alpha value is -2.36. The zero-order chi connectivity index (χ0) is 21.4. The molecule has 2 N–H and O–H groups in total. The second-order valence-electron chi connectivity index (χ2n) is 8.08. The third-order valence-electron chi connectivity index (χ3n) is 5.25. The Labute approximate surface area is 172 Å². The lowest BCUT2D eigenvalue weighted by molar-refractivity contribution is 0.00578. The van der Waals surface area contributed by atoms with Crippen LogP contribution in [0.2, 0.25) is 0 Å². The first kappa shape index (κ1) is 21.4. The van der Waals surface area contributed by atoms with E-state index in [9.17, 15) is 13.2 Å². The molecule has 154 valence electrons. The van der Waals surface area contributed by atoms with Crippen molar-refractivity contribution in [1.82, 2.24) is 4.72 Å². The fourth-order valence-electron chi connectivity index (χ4n) is 2.76. The molecule has 1 aliphatic rings. The van der Waals surface area contributed by atoms with E-state index in [0.29, 0.717) is 5.69 Å². The first-order valence-electron chi connectivity index (χ1n) is 9.26. The third-order valence-corrected chi connectivity index (χ3v) is 6.60. The number of nitrogens with one attached hydrogen (secondary N) is 2. The summed E-state index contributed by atoms with van der Waals surface area (Å²) in [4.78, 5) is 12.2. The summed E-state index contributed by atoms with van der Waals surface area (Å²) in [5, 5.41) is 2.52. The standard InChI is InChI=1S/C20H25BN2O5S/c1-14-6-12-17(13-7-14)29(25,26)23-18(24)22-16-10-8-15(9-11-16)21-27-19(2,3)20(4,5)28-21/h6-13H,1-5H3,(H2,22,23,24). The maximum absolute atomic E-state index is 12.3. The van der Waals surface area contributed by atoms with Gasteiger partial charge in [0, 0.05) is 5.69 Å². The normalized spacial score (nSPS) is 17.8. The minimum atomic E-state index is -3.95. The molecule has 1 saturated heterocycles. The van der Waals surface area contributed by atoms with Crippen LogP contribution >= 0.6 is 0 Å². The van der Waals surface area contributed by atoms with E-state index in [1.807, 2.05) is 39.3 Å². The molecule has 1 heterocycles. The number of aryl methyl sites for hydroxylation is 1. The number of carbonyl (C=O) groups is 1. The molecule has 9 heteroatoms. The van der Waals surface area contributed by atoms with Crippen LogP contribution in [0.1, 0.15) is 33.3 Å². The van der Waals surface area contributed by atoms with Gasteiger partial charge in [-0.2, -0.15) is 0 Å². The van der Waals surface area contributed by atoms with Crippen molar-refractivity contribution in [3.05, 3.63) is 54.1 Å². The van der Waals surface area contributed by atoms with Crippen molar-refractivity contribution in [3.63, 3.8) is 0 Å². The van der Waals surface area contributed by atoms with E-state index >= 15 is 0 Å². The summed E-state index contributed by atoms with van der Waals surface area (Å²) in [7, 11) is -4.46. The fourth-order valence-corrected chi connectivity index (χ4v) is 3.67. The molecule has 1 fully saturated rings. The summed E-state index contributed by atoms with van der Waals surface area (Å²) in [6.07, 6.45) is 0. The van der Waals surface area contributed by atoms with Gasteiger partial charge in [-0.15, -0.1) is 0 Å². The van der Waals surface area contributed by atoms with Crippen molar-refractivity contribution in [3.8, 4) is 0 Å². The van der Waals surface area contributed by atoms with Crippen LogP contribution in [0.15, 0.2) is 53.4 Å². The van der Waals surface area contributed by atoms with E-state index in [2.05, 4.69) is 5.32 Å². The highest BCUT2D eigenvalue weighted by Gasteiger charge is 2.51. The minimum absolute atomic E-state index is 0.0226. The molecule has 0 aromatic heterocycles. The van der Waals surface area contributed by atoms with Gasteiger partial charge in [0.25, 0.3) is 10.0 Å². The van der Waals surface area contributed by atoms with Crippen molar-refractivity contribution in [2.45, 2.75) is 50.7 Å². The Morgan fingerprint density at radius 3 is 1.93 bits per heavy atom. The molecular formula is C20H25BN2O5S. The average molecular weight is 416 g/mol. The summed E-state index contributed by atoms with van der Waals surface area (Å²) in [6.45, 7) is 9.75. The Bertz CT molecular complexity index is 986. The second-order valence-corrected chi connectivity index (χ2v) is 9.77. The fraction of sp³-hybridized carbons (Fsp3) is 0.350. The molecule has 0 atom stereocenters. The molecule has 0 unspecified atom stereocenters. The summed E-state index contributed by atoms with van der Waals surface area (Å²) >= 11 is 0. The van der Waals surface area contributed by atoms with Crippen LogP contribution in [0.4, 0.5) is 10.5 Å². The van der Waals surface area contributed by atoms with Crippen LogP contribution in [0.3, 0.4) is 0 Å². The predicted octanol–water partition coefficient (Wildman–Crippen LogP) is 2.80. The molecule has 7 nitrogen and oxygen atoms in total. The van der Waals surface area contributed by atoms with E-state index < -0.39 is 34.4 Å². The number of benzene rings is 2. The Morgan fingerprint density at radius 2 is 1.41 bits per heavy atom. The van der Waals surface area contributed by atoms with Crippen LogP contribution in [-0.2, 0) is 19.3 Å². The highest BCUT2D eigenvalue weighted by molar-refractivity contribution is 7.90. The van der Waals surface area contributed by atoms with Gasteiger partial charge in [-0.25, -0.2) is 17.9 Å². The van der Waals surface area contributed by atoms with Crippen LogP contribution < -0.4 is 15.5 Å². The van der Waals surface area contributed by atoms with Crippen molar-refractivity contribution in [2.24, 2.45) is 0 Å². The maximum Gasteiger partial charge on any atom is 0.494 e. The quantitative estimate of drug-likeness (QED) is 0.748. The topological polar surface area (TPSA) is 93.7 Å². The van der Waals surface area contributed by atoms with Gasteiger partial charge < -0.3 is 14.6 Å². The molecule has 2 amide bonds. The number of anilines is 1. The monoisotopic (exact) mass is 416 g/mol. The Kier molecular flexibility index (Phi) is 5.51. The van der Waals surface area contributed by atoms with Gasteiger partial charge in [0.1, 0.15) is 0 Å². The number of sulfonamides is 1. The zero-order valence-electron chi connectivity index (χ0n) is 17.1. The molecule has 29 heavy (non-hydrogen) atoms. The van der Waals surface area contributed by atoms with Gasteiger partial charge in [0.2, 0.25) is 0 Å². The number of hydrogen-bond donors (Lipinski definition) is 2. The van der Waals surface area contributed by atoms with E-state index in [0.717, 1.165) is 11.0 Å². The lowest BCUT2D eigenvalue weighted by Gasteiger charge is -2.32. The first-order valence-corrected chi connectivity index (χ1v) is 10.7. The second kappa shape index (κ2) is 7.48. The van der Waals surface area contributed by atoms with Crippen molar-refractivity contribution < 1.29 is 22.5 Å². The molecular weight excluding hydrogens is 391 g/mol. The van der Waals surface area contributed by atoms with E-state index in [1.165, 1.54) is 12.1 Å². The van der Waals surface area contributed by atoms with Crippen molar-refractivity contribution in [2.75, 3.05) is 5.32 Å². The molecule has 1 aliphatic heterocycles. The number of carbonyl (C=O) groups excluding carboxylic acids is 1. The van der Waals surface area contributed by atoms with Gasteiger partial charge in [-0.3, -0.25) is 0 Å². The van der Waals surface area contributed by atoms with Gasteiger partial charge in [-0.1, -0.05) is 29.8 Å². The SMILES string of the molecule is Cc1ccc(S(=O)(=O)NC(=O)Nc2ccc(B3OC(C)(C)C(C)(C)O3)cc2)cc1. The van der Waals surface area contributed by atoms with Crippen LogP contribution in [-0.4, -0.2) is 32.8 Å². The molecule has 0 aliphatic carbocycles. The van der Waals surface area contributed by atoms with Crippen LogP contribution in [0.5, 0.6) is 0 Å². The Balaban J connectivity index is 1.64. The summed E-state index contributed by atoms with van der Waals surface area (Å²) < 4.78 is 38.6. The molecule has 0 radical (unpaired) electrons. The molecule has 2 aromatic rings. The van der Waals surface area contributed by atoms with Crippen molar-refractivity contribution >= 4 is 34.3 Å². The van der Waals surface area contributed by atoms with Crippen LogP contribution in [0, 0.1) is 6.92 Å². The van der Waals surface area contributed by atoms with Crippen molar-refractivity contribution in [1.29, 1.82) is 0 Å². The van der Waals surface area contributed by atoms with Crippen LogP contribution in [0.25, 0.3) is 0 Å². The van der Waals surface area contributed by atoms with E-state index in [4.69, 9.17) is 9.31 Å². The molecule has 0 bridgehead atoms. The number of rotatable bonds is 4. The lowest BCUT2D eigenvalue weighted by Crippen LogP contribution is -2.41. The molecule has 2 aromatic carbocycles. The average Bonchev–Trinajstić information content (AvgIpc) is 2.83. The number of hydrogen-bond acceptors (Lipinski definition) is 5. The summed E-state index contributed by atoms with van der Waals surface area (Å²) in [6, 6.07) is 12.3. The molecule has 0 saturated carbocycles. The van der Waals surface area contributed by atoms with Gasteiger partial charge in [0.05, 0.1) is 16.1 Å². The molecule has 0 spiro atoms. The van der Waals surface area contributed by atoms with Gasteiger partial charge in [0.15, 0.2) is 0 Å². The van der Waals surface area contributed by atoms with Gasteiger partial charge in [-0.05, 0) is 64.3 Å². The zero-order valence-corrected chi connectivity index (χ0v) is 18.0. The summed E-state index contributed by atoms with van der Waals surface area (Å²) in [5.41, 5.74) is 1.29. The third kappa shape index (κ3) is 4.63. The highest BCUT2D eigenvalue weighted by atomic mass is 32.2. The van der Waals surface area contributed by atoms with Gasteiger partial charge >= 0.3 is 13.1 Å².